The van der Waals surface area contributed by atoms with E-state index in [1.807, 2.05) is 6.92 Å². The van der Waals surface area contributed by atoms with Gasteiger partial charge >= 0.3 is 6.03 Å². The van der Waals surface area contributed by atoms with Gasteiger partial charge in [0.1, 0.15) is 5.70 Å². The minimum Gasteiger partial charge on any atom is -0.491 e. The van der Waals surface area contributed by atoms with Crippen molar-refractivity contribution in [3.05, 3.63) is 33.4 Å². The molecule has 0 atom stereocenters. The Labute approximate surface area is 119 Å². The summed E-state index contributed by atoms with van der Waals surface area (Å²) in [6.45, 7) is 2.26. The zero-order chi connectivity index (χ0) is 14.0. The highest BCUT2D eigenvalue weighted by Gasteiger charge is 2.23. The van der Waals surface area contributed by atoms with Crippen LogP contribution >= 0.6 is 23.2 Å². The second-order valence-electron chi connectivity index (χ2n) is 3.71. The summed E-state index contributed by atoms with van der Waals surface area (Å²) in [6.07, 6.45) is 1.48. The van der Waals surface area contributed by atoms with Crippen molar-refractivity contribution in [2.75, 3.05) is 6.61 Å². The van der Waals surface area contributed by atoms with Crippen molar-refractivity contribution in [1.29, 1.82) is 0 Å². The molecule has 1 heterocycles. The maximum atomic E-state index is 11.4. The molecule has 0 saturated carbocycles. The lowest BCUT2D eigenvalue weighted by atomic mass is 10.2. The quantitative estimate of drug-likeness (QED) is 0.666. The Morgan fingerprint density at radius 2 is 1.84 bits per heavy atom. The van der Waals surface area contributed by atoms with E-state index < -0.39 is 11.9 Å². The molecule has 0 aliphatic carbocycles. The molecule has 1 fully saturated rings. The SMILES string of the molecule is CCOc1c(Cl)cc(/C=C2/NC(=O)NC2=O)cc1Cl. The zero-order valence-electron chi connectivity index (χ0n) is 9.92. The van der Waals surface area contributed by atoms with E-state index in [9.17, 15) is 9.59 Å². The summed E-state index contributed by atoms with van der Waals surface area (Å²) < 4.78 is 5.30. The van der Waals surface area contributed by atoms with Crippen LogP contribution in [0.5, 0.6) is 5.75 Å². The van der Waals surface area contributed by atoms with E-state index in [0.29, 0.717) is 28.0 Å². The lowest BCUT2D eigenvalue weighted by Crippen LogP contribution is -2.22. The van der Waals surface area contributed by atoms with Crippen LogP contribution in [0.2, 0.25) is 10.0 Å². The first-order valence-electron chi connectivity index (χ1n) is 5.47. The van der Waals surface area contributed by atoms with Crippen LogP contribution in [0, 0.1) is 0 Å². The van der Waals surface area contributed by atoms with Crippen molar-refractivity contribution in [1.82, 2.24) is 10.6 Å². The molecule has 0 spiro atoms. The predicted molar refractivity (Wildman–Crippen MR) is 72.3 cm³/mol. The largest absolute Gasteiger partial charge is 0.491 e. The van der Waals surface area contributed by atoms with E-state index >= 15 is 0 Å². The van der Waals surface area contributed by atoms with Gasteiger partial charge in [-0.3, -0.25) is 10.1 Å². The number of hydrogen-bond acceptors (Lipinski definition) is 3. The summed E-state index contributed by atoms with van der Waals surface area (Å²) in [5.74, 6) is -0.0981. The van der Waals surface area contributed by atoms with Gasteiger partial charge in [0.2, 0.25) is 0 Å². The molecule has 1 aromatic rings. The zero-order valence-corrected chi connectivity index (χ0v) is 11.4. The lowest BCUT2D eigenvalue weighted by molar-refractivity contribution is -0.115. The van der Waals surface area contributed by atoms with Crippen LogP contribution in [0.25, 0.3) is 6.08 Å². The number of imide groups is 1. The average Bonchev–Trinajstić information content (AvgIpc) is 2.62. The summed E-state index contributed by atoms with van der Waals surface area (Å²) in [4.78, 5) is 22.3. The highest BCUT2D eigenvalue weighted by Crippen LogP contribution is 2.34. The molecule has 1 saturated heterocycles. The monoisotopic (exact) mass is 300 g/mol. The predicted octanol–water partition coefficient (Wildman–Crippen LogP) is 2.57. The topological polar surface area (TPSA) is 67.4 Å². The van der Waals surface area contributed by atoms with Crippen LogP contribution < -0.4 is 15.4 Å². The van der Waals surface area contributed by atoms with Gasteiger partial charge in [0.05, 0.1) is 16.7 Å². The first-order chi connectivity index (χ1) is 9.01. The molecule has 5 nitrogen and oxygen atoms in total. The molecule has 100 valence electrons. The number of rotatable bonds is 3. The molecule has 0 unspecified atom stereocenters. The number of halogens is 2. The molecular formula is C12H10Cl2N2O3. The van der Waals surface area contributed by atoms with Gasteiger partial charge in [-0.2, -0.15) is 0 Å². The van der Waals surface area contributed by atoms with E-state index in [1.165, 1.54) is 6.08 Å². The third-order valence-corrected chi connectivity index (χ3v) is 2.90. The molecule has 7 heteroatoms. The van der Waals surface area contributed by atoms with Crippen LogP contribution in [-0.2, 0) is 4.79 Å². The van der Waals surface area contributed by atoms with Gasteiger partial charge in [-0.1, -0.05) is 23.2 Å². The van der Waals surface area contributed by atoms with Gasteiger partial charge in [0.15, 0.2) is 5.75 Å². The Morgan fingerprint density at radius 1 is 1.21 bits per heavy atom. The molecule has 19 heavy (non-hydrogen) atoms. The number of carbonyl (C=O) groups is 2. The Hall–Kier alpha value is -1.72. The first kappa shape index (κ1) is 13.7. The summed E-state index contributed by atoms with van der Waals surface area (Å²) in [7, 11) is 0. The minimum atomic E-state index is -0.556. The van der Waals surface area contributed by atoms with Crippen LogP contribution in [0.3, 0.4) is 0 Å². The molecule has 0 aromatic heterocycles. The summed E-state index contributed by atoms with van der Waals surface area (Å²) >= 11 is 12.1. The third kappa shape index (κ3) is 3.00. The first-order valence-corrected chi connectivity index (χ1v) is 6.22. The highest BCUT2D eigenvalue weighted by atomic mass is 35.5. The molecule has 1 aromatic carbocycles. The molecule has 2 N–H and O–H groups in total. The molecule has 1 aliphatic rings. The second-order valence-corrected chi connectivity index (χ2v) is 4.53. The van der Waals surface area contributed by atoms with Gasteiger partial charge < -0.3 is 10.1 Å². The van der Waals surface area contributed by atoms with Crippen molar-refractivity contribution in [3.8, 4) is 5.75 Å². The lowest BCUT2D eigenvalue weighted by Gasteiger charge is -2.09. The maximum Gasteiger partial charge on any atom is 0.326 e. The van der Waals surface area contributed by atoms with Crippen molar-refractivity contribution in [2.45, 2.75) is 6.92 Å². The second kappa shape index (κ2) is 5.50. The smallest absolute Gasteiger partial charge is 0.326 e. The fraction of sp³-hybridized carbons (Fsp3) is 0.167. The van der Waals surface area contributed by atoms with Crippen molar-refractivity contribution >= 4 is 41.2 Å². The average molecular weight is 301 g/mol. The van der Waals surface area contributed by atoms with Gasteiger partial charge in [-0.15, -0.1) is 0 Å². The van der Waals surface area contributed by atoms with E-state index in [2.05, 4.69) is 10.6 Å². The van der Waals surface area contributed by atoms with Crippen LogP contribution in [0.1, 0.15) is 12.5 Å². The number of amides is 3. The number of carbonyl (C=O) groups excluding carboxylic acids is 2. The van der Waals surface area contributed by atoms with E-state index in [4.69, 9.17) is 27.9 Å². The molecule has 0 bridgehead atoms. The fourth-order valence-corrected chi connectivity index (χ4v) is 2.21. The van der Waals surface area contributed by atoms with Crippen LogP contribution in [-0.4, -0.2) is 18.5 Å². The number of hydrogen-bond donors (Lipinski definition) is 2. The van der Waals surface area contributed by atoms with Crippen LogP contribution in [0.4, 0.5) is 4.79 Å². The van der Waals surface area contributed by atoms with E-state index in [-0.39, 0.29) is 5.70 Å². The Kier molecular flexibility index (Phi) is 3.97. The fourth-order valence-electron chi connectivity index (χ4n) is 1.59. The summed E-state index contributed by atoms with van der Waals surface area (Å²) in [6, 6.07) is 2.64. The Morgan fingerprint density at radius 3 is 2.32 bits per heavy atom. The van der Waals surface area contributed by atoms with Gasteiger partial charge in [0.25, 0.3) is 5.91 Å². The normalized spacial score (nSPS) is 16.5. The Bertz CT molecular complexity index is 561. The standard InChI is InChI=1S/C12H10Cl2N2O3/c1-2-19-10-7(13)3-6(4-8(10)14)5-9-11(17)16-12(18)15-9/h3-5H,2H2,1H3,(H2,15,16,17,18)/b9-5+. The van der Waals surface area contributed by atoms with Crippen molar-refractivity contribution in [3.63, 3.8) is 0 Å². The molecule has 2 rings (SSSR count). The number of benzene rings is 1. The Balaban J connectivity index is 2.35. The summed E-state index contributed by atoms with van der Waals surface area (Å²) in [5, 5.41) is 5.15. The summed E-state index contributed by atoms with van der Waals surface area (Å²) in [5.41, 5.74) is 0.729. The highest BCUT2D eigenvalue weighted by molar-refractivity contribution is 6.37. The molecule has 3 amide bonds. The number of ether oxygens (including phenoxy) is 1. The minimum absolute atomic E-state index is 0.140. The molecule has 0 radical (unpaired) electrons. The third-order valence-electron chi connectivity index (χ3n) is 2.34. The molecule has 1 aliphatic heterocycles. The van der Waals surface area contributed by atoms with Crippen LogP contribution in [0.15, 0.2) is 17.8 Å². The maximum absolute atomic E-state index is 11.4. The van der Waals surface area contributed by atoms with Gasteiger partial charge in [0, 0.05) is 0 Å². The number of urea groups is 1. The van der Waals surface area contributed by atoms with Crippen molar-refractivity contribution < 1.29 is 14.3 Å². The van der Waals surface area contributed by atoms with E-state index in [1.54, 1.807) is 12.1 Å². The van der Waals surface area contributed by atoms with Gasteiger partial charge in [-0.25, -0.2) is 4.79 Å². The van der Waals surface area contributed by atoms with E-state index in [0.717, 1.165) is 0 Å². The number of nitrogens with one attached hydrogen (secondary N) is 2. The van der Waals surface area contributed by atoms with Crippen molar-refractivity contribution in [2.24, 2.45) is 0 Å². The molecular weight excluding hydrogens is 291 g/mol. The van der Waals surface area contributed by atoms with Gasteiger partial charge in [-0.05, 0) is 30.7 Å².